The Labute approximate surface area is 125 Å². The molecule has 1 N–H and O–H groups in total. The van der Waals surface area contributed by atoms with Crippen LogP contribution in [0.15, 0.2) is 42.7 Å². The van der Waals surface area contributed by atoms with Gasteiger partial charge in [-0.05, 0) is 43.7 Å². The molecule has 2 aromatic rings. The molecule has 0 aliphatic rings. The van der Waals surface area contributed by atoms with Crippen molar-refractivity contribution in [2.24, 2.45) is 0 Å². The average Bonchev–Trinajstić information content (AvgIpc) is 2.52. The van der Waals surface area contributed by atoms with Crippen molar-refractivity contribution < 1.29 is 9.13 Å². The van der Waals surface area contributed by atoms with Gasteiger partial charge in [-0.15, -0.1) is 0 Å². The lowest BCUT2D eigenvalue weighted by molar-refractivity contribution is 0.289. The van der Waals surface area contributed by atoms with Crippen LogP contribution in [0.1, 0.15) is 37.4 Å². The highest BCUT2D eigenvalue weighted by atomic mass is 19.1. The van der Waals surface area contributed by atoms with Crippen molar-refractivity contribution in [3.05, 3.63) is 59.7 Å². The van der Waals surface area contributed by atoms with Gasteiger partial charge in [0.2, 0.25) is 0 Å². The smallest absolute Gasteiger partial charge is 0.165 e. The minimum atomic E-state index is -0.332. The summed E-state index contributed by atoms with van der Waals surface area (Å²) in [7, 11) is 0. The van der Waals surface area contributed by atoms with E-state index in [4.69, 9.17) is 4.74 Å². The molecule has 3 nitrogen and oxygen atoms in total. The number of hydrogen-bond donors (Lipinski definition) is 1. The maximum Gasteiger partial charge on any atom is 0.165 e. The summed E-state index contributed by atoms with van der Waals surface area (Å²) in [6, 6.07) is 8.98. The van der Waals surface area contributed by atoms with Gasteiger partial charge in [-0.1, -0.05) is 19.1 Å². The monoisotopic (exact) mass is 288 g/mol. The number of aromatic nitrogens is 1. The minimum Gasteiger partial charge on any atom is -0.486 e. The van der Waals surface area contributed by atoms with E-state index in [1.807, 2.05) is 25.1 Å². The molecule has 0 amide bonds. The van der Waals surface area contributed by atoms with E-state index < -0.39 is 0 Å². The molecule has 1 atom stereocenters. The lowest BCUT2D eigenvalue weighted by Gasteiger charge is -2.15. The van der Waals surface area contributed by atoms with Crippen LogP contribution in [0.5, 0.6) is 5.75 Å². The Balaban J connectivity index is 1.99. The topological polar surface area (TPSA) is 34.1 Å². The summed E-state index contributed by atoms with van der Waals surface area (Å²) >= 11 is 0. The molecule has 0 radical (unpaired) electrons. The van der Waals surface area contributed by atoms with Gasteiger partial charge in [-0.25, -0.2) is 4.39 Å². The van der Waals surface area contributed by atoms with Gasteiger partial charge < -0.3 is 10.1 Å². The first kappa shape index (κ1) is 15.4. The zero-order valence-electron chi connectivity index (χ0n) is 12.5. The molecule has 0 saturated carbocycles. The summed E-state index contributed by atoms with van der Waals surface area (Å²) in [5.74, 6) is -0.0631. The van der Waals surface area contributed by atoms with Crippen molar-refractivity contribution in [2.45, 2.75) is 32.9 Å². The minimum absolute atomic E-state index is 0.131. The molecule has 4 heteroatoms. The first-order chi connectivity index (χ1) is 10.2. The lowest BCUT2D eigenvalue weighted by atomic mass is 10.1. The third-order valence-corrected chi connectivity index (χ3v) is 3.27. The van der Waals surface area contributed by atoms with Crippen LogP contribution in [-0.4, -0.2) is 11.5 Å². The summed E-state index contributed by atoms with van der Waals surface area (Å²) < 4.78 is 19.6. The van der Waals surface area contributed by atoms with Gasteiger partial charge in [0.1, 0.15) is 6.61 Å². The molecule has 1 aromatic carbocycles. The second kappa shape index (κ2) is 7.74. The Morgan fingerprint density at radius 3 is 2.86 bits per heavy atom. The second-order valence-electron chi connectivity index (χ2n) is 5.02. The van der Waals surface area contributed by atoms with Crippen LogP contribution >= 0.6 is 0 Å². The molecule has 1 heterocycles. The van der Waals surface area contributed by atoms with Gasteiger partial charge >= 0.3 is 0 Å². The maximum atomic E-state index is 14.1. The number of ether oxygens (including phenoxy) is 1. The molecule has 0 fully saturated rings. The molecule has 0 aliphatic carbocycles. The van der Waals surface area contributed by atoms with E-state index in [2.05, 4.69) is 17.2 Å². The average molecular weight is 288 g/mol. The molecular weight excluding hydrogens is 267 g/mol. The zero-order chi connectivity index (χ0) is 15.1. The lowest BCUT2D eigenvalue weighted by Crippen LogP contribution is -2.19. The van der Waals surface area contributed by atoms with Crippen molar-refractivity contribution in [3.8, 4) is 5.75 Å². The van der Waals surface area contributed by atoms with Crippen molar-refractivity contribution in [3.63, 3.8) is 0 Å². The molecule has 1 aromatic heterocycles. The van der Waals surface area contributed by atoms with Gasteiger partial charge in [-0.2, -0.15) is 0 Å². The standard InChI is InChI=1S/C17H21FN2O/c1-3-8-20-13(2)15-6-7-17(16(18)10-15)21-12-14-5-4-9-19-11-14/h4-7,9-11,13,20H,3,8,12H2,1-2H3. The highest BCUT2D eigenvalue weighted by Gasteiger charge is 2.09. The molecule has 2 rings (SSSR count). The van der Waals surface area contributed by atoms with Crippen molar-refractivity contribution >= 4 is 0 Å². The van der Waals surface area contributed by atoms with Crippen molar-refractivity contribution in [1.82, 2.24) is 10.3 Å². The summed E-state index contributed by atoms with van der Waals surface area (Å²) in [6.45, 7) is 5.37. The van der Waals surface area contributed by atoms with E-state index in [-0.39, 0.29) is 17.6 Å². The third kappa shape index (κ3) is 4.53. The molecular formula is C17H21FN2O. The Hall–Kier alpha value is -1.94. The number of nitrogens with one attached hydrogen (secondary N) is 1. The highest BCUT2D eigenvalue weighted by Crippen LogP contribution is 2.22. The molecule has 112 valence electrons. The first-order valence-corrected chi connectivity index (χ1v) is 7.25. The summed E-state index contributed by atoms with van der Waals surface area (Å²) in [5.41, 5.74) is 1.84. The fourth-order valence-corrected chi connectivity index (χ4v) is 2.03. The van der Waals surface area contributed by atoms with Gasteiger partial charge in [-0.3, -0.25) is 4.98 Å². The van der Waals surface area contributed by atoms with Crippen molar-refractivity contribution in [2.75, 3.05) is 6.54 Å². The van der Waals surface area contributed by atoms with Crippen molar-refractivity contribution in [1.29, 1.82) is 0 Å². The van der Waals surface area contributed by atoms with Crippen LogP contribution < -0.4 is 10.1 Å². The van der Waals surface area contributed by atoms with E-state index in [9.17, 15) is 4.39 Å². The number of hydrogen-bond acceptors (Lipinski definition) is 3. The van der Waals surface area contributed by atoms with Crippen LogP contribution in [0.4, 0.5) is 4.39 Å². The van der Waals surface area contributed by atoms with Gasteiger partial charge in [0.15, 0.2) is 11.6 Å². The third-order valence-electron chi connectivity index (χ3n) is 3.27. The SMILES string of the molecule is CCCNC(C)c1ccc(OCc2cccnc2)c(F)c1. The Kier molecular flexibility index (Phi) is 5.69. The van der Waals surface area contributed by atoms with Crippen LogP contribution in [0, 0.1) is 5.82 Å². The fraction of sp³-hybridized carbons (Fsp3) is 0.353. The number of benzene rings is 1. The predicted molar refractivity (Wildman–Crippen MR) is 81.7 cm³/mol. The highest BCUT2D eigenvalue weighted by molar-refractivity contribution is 5.31. The molecule has 0 aliphatic heterocycles. The molecule has 21 heavy (non-hydrogen) atoms. The summed E-state index contributed by atoms with van der Waals surface area (Å²) in [5, 5.41) is 3.34. The van der Waals surface area contributed by atoms with E-state index in [0.29, 0.717) is 6.61 Å². The number of halogens is 1. The predicted octanol–water partition coefficient (Wildman–Crippen LogP) is 3.86. The first-order valence-electron chi connectivity index (χ1n) is 7.25. The quantitative estimate of drug-likeness (QED) is 0.840. The van der Waals surface area contributed by atoms with Gasteiger partial charge in [0.05, 0.1) is 0 Å². The van der Waals surface area contributed by atoms with E-state index in [1.165, 1.54) is 6.07 Å². The van der Waals surface area contributed by atoms with E-state index in [0.717, 1.165) is 24.1 Å². The number of pyridine rings is 1. The van der Waals surface area contributed by atoms with Crippen LogP contribution in [-0.2, 0) is 6.61 Å². The Bertz CT molecular complexity index is 560. The number of nitrogens with zero attached hydrogens (tertiary/aromatic N) is 1. The Morgan fingerprint density at radius 2 is 2.19 bits per heavy atom. The normalized spacial score (nSPS) is 12.1. The summed E-state index contributed by atoms with van der Waals surface area (Å²) in [6.07, 6.45) is 4.46. The zero-order valence-corrected chi connectivity index (χ0v) is 12.5. The second-order valence-corrected chi connectivity index (χ2v) is 5.02. The van der Waals surface area contributed by atoms with Gasteiger partial charge in [0, 0.05) is 24.0 Å². The maximum absolute atomic E-state index is 14.1. The largest absolute Gasteiger partial charge is 0.486 e. The molecule has 0 spiro atoms. The number of rotatable bonds is 7. The summed E-state index contributed by atoms with van der Waals surface area (Å²) in [4.78, 5) is 4.00. The van der Waals surface area contributed by atoms with Crippen LogP contribution in [0.3, 0.4) is 0 Å². The fourth-order valence-electron chi connectivity index (χ4n) is 2.03. The molecule has 1 unspecified atom stereocenters. The Morgan fingerprint density at radius 1 is 1.33 bits per heavy atom. The molecule has 0 bridgehead atoms. The van der Waals surface area contributed by atoms with Gasteiger partial charge in [0.25, 0.3) is 0 Å². The van der Waals surface area contributed by atoms with Crippen LogP contribution in [0.2, 0.25) is 0 Å². The van der Waals surface area contributed by atoms with Crippen LogP contribution in [0.25, 0.3) is 0 Å². The van der Waals surface area contributed by atoms with E-state index in [1.54, 1.807) is 18.5 Å². The van der Waals surface area contributed by atoms with E-state index >= 15 is 0 Å². The molecule has 0 saturated heterocycles.